The molecule has 1 aromatic carbocycles. The smallest absolute Gasteiger partial charge is 0.313 e. The van der Waals surface area contributed by atoms with Gasteiger partial charge in [0.25, 0.3) is 0 Å². The highest BCUT2D eigenvalue weighted by molar-refractivity contribution is 5.78. The van der Waals surface area contributed by atoms with Crippen molar-refractivity contribution in [2.45, 2.75) is 57.5 Å². The molecular formula is C19H26O2. The van der Waals surface area contributed by atoms with Crippen molar-refractivity contribution in [1.29, 1.82) is 0 Å². The minimum absolute atomic E-state index is 0.00240. The van der Waals surface area contributed by atoms with E-state index in [9.17, 15) is 4.79 Å². The van der Waals surface area contributed by atoms with Crippen molar-refractivity contribution in [2.24, 2.45) is 5.92 Å². The van der Waals surface area contributed by atoms with Crippen molar-refractivity contribution in [3.05, 3.63) is 48.6 Å². The fourth-order valence-electron chi connectivity index (χ4n) is 2.92. The molecule has 1 aliphatic heterocycles. The largest absolute Gasteiger partial charge is 0.461 e. The Morgan fingerprint density at radius 1 is 1.05 bits per heavy atom. The molecule has 1 fully saturated rings. The van der Waals surface area contributed by atoms with Gasteiger partial charge in [-0.05, 0) is 24.8 Å². The summed E-state index contributed by atoms with van der Waals surface area (Å²) in [5.74, 6) is 0.126. The molecule has 2 rings (SSSR count). The van der Waals surface area contributed by atoms with Crippen LogP contribution in [0.3, 0.4) is 0 Å². The average molecular weight is 286 g/mol. The summed E-state index contributed by atoms with van der Waals surface area (Å²) < 4.78 is 5.32. The van der Waals surface area contributed by atoms with Gasteiger partial charge in [0.2, 0.25) is 0 Å². The summed E-state index contributed by atoms with van der Waals surface area (Å²) in [4.78, 5) is 11.6. The number of benzene rings is 1. The molecule has 0 bridgehead atoms. The minimum atomic E-state index is 0.00240. The molecule has 0 spiro atoms. The van der Waals surface area contributed by atoms with Gasteiger partial charge in [0.05, 0.1) is 5.92 Å². The Morgan fingerprint density at radius 2 is 1.76 bits per heavy atom. The zero-order valence-electron chi connectivity index (χ0n) is 12.8. The number of cyclic esters (lactones) is 1. The van der Waals surface area contributed by atoms with Crippen LogP contribution in [-0.2, 0) is 16.0 Å². The Hall–Kier alpha value is -1.57. The summed E-state index contributed by atoms with van der Waals surface area (Å²) in [5.41, 5.74) is 1.25. The van der Waals surface area contributed by atoms with Crippen molar-refractivity contribution >= 4 is 5.97 Å². The summed E-state index contributed by atoms with van der Waals surface area (Å²) in [6.07, 6.45) is 11.2. The molecule has 0 aliphatic carbocycles. The molecule has 1 heterocycles. The van der Waals surface area contributed by atoms with Gasteiger partial charge < -0.3 is 4.74 Å². The molecule has 0 saturated carbocycles. The van der Waals surface area contributed by atoms with Gasteiger partial charge in [-0.2, -0.15) is 0 Å². The van der Waals surface area contributed by atoms with Gasteiger partial charge in [-0.25, -0.2) is 0 Å². The summed E-state index contributed by atoms with van der Waals surface area (Å²) in [6, 6.07) is 10.3. The number of ether oxygens (including phenoxy) is 1. The molecular weight excluding hydrogens is 260 g/mol. The van der Waals surface area contributed by atoms with Gasteiger partial charge in [-0.3, -0.25) is 4.79 Å². The van der Waals surface area contributed by atoms with E-state index in [0.717, 1.165) is 25.7 Å². The fraction of sp³-hybridized carbons (Fsp3) is 0.526. The van der Waals surface area contributed by atoms with Crippen LogP contribution in [0.1, 0.15) is 50.5 Å². The first-order chi connectivity index (χ1) is 10.3. The Kier molecular flexibility index (Phi) is 6.52. The van der Waals surface area contributed by atoms with Crippen LogP contribution in [0.25, 0.3) is 0 Å². The van der Waals surface area contributed by atoms with Crippen LogP contribution in [-0.4, -0.2) is 12.1 Å². The average Bonchev–Trinajstić information content (AvgIpc) is 2.50. The summed E-state index contributed by atoms with van der Waals surface area (Å²) in [5, 5.41) is 0. The van der Waals surface area contributed by atoms with E-state index in [-0.39, 0.29) is 18.0 Å². The predicted octanol–water partition coefficient (Wildman–Crippen LogP) is 4.69. The van der Waals surface area contributed by atoms with Gasteiger partial charge in [0.1, 0.15) is 6.10 Å². The molecule has 1 aliphatic rings. The SMILES string of the molecule is C=CCCCCCCCC1C(=O)O[C@@H]1Cc1ccccc1. The lowest BCUT2D eigenvalue weighted by molar-refractivity contribution is -0.184. The number of carbonyl (C=O) groups is 1. The van der Waals surface area contributed by atoms with Crippen molar-refractivity contribution in [3.8, 4) is 0 Å². The fourth-order valence-corrected chi connectivity index (χ4v) is 2.92. The van der Waals surface area contributed by atoms with Crippen LogP contribution in [0, 0.1) is 5.92 Å². The van der Waals surface area contributed by atoms with Crippen LogP contribution >= 0.6 is 0 Å². The molecule has 1 aromatic rings. The van der Waals surface area contributed by atoms with E-state index in [0.29, 0.717) is 0 Å². The second-order valence-corrected chi connectivity index (χ2v) is 5.91. The molecule has 0 amide bonds. The van der Waals surface area contributed by atoms with Crippen LogP contribution in [0.15, 0.2) is 43.0 Å². The first-order valence-electron chi connectivity index (χ1n) is 8.16. The lowest BCUT2D eigenvalue weighted by Crippen LogP contribution is -2.46. The normalized spacial score (nSPS) is 20.7. The zero-order valence-corrected chi connectivity index (χ0v) is 12.8. The summed E-state index contributed by atoms with van der Waals surface area (Å²) >= 11 is 0. The maximum Gasteiger partial charge on any atom is 0.313 e. The lowest BCUT2D eigenvalue weighted by atomic mass is 9.87. The highest BCUT2D eigenvalue weighted by Crippen LogP contribution is 2.30. The molecule has 0 N–H and O–H groups in total. The van der Waals surface area contributed by atoms with Crippen LogP contribution in [0.4, 0.5) is 0 Å². The molecule has 0 aromatic heterocycles. The molecule has 0 radical (unpaired) electrons. The Labute approximate surface area is 128 Å². The third-order valence-corrected chi connectivity index (χ3v) is 4.22. The Morgan fingerprint density at radius 3 is 2.48 bits per heavy atom. The molecule has 2 heteroatoms. The van der Waals surface area contributed by atoms with Crippen LogP contribution < -0.4 is 0 Å². The zero-order chi connectivity index (χ0) is 14.9. The number of hydrogen-bond acceptors (Lipinski definition) is 2. The number of carbonyl (C=O) groups excluding carboxylic acids is 1. The van der Waals surface area contributed by atoms with E-state index in [2.05, 4.69) is 18.7 Å². The molecule has 2 atom stereocenters. The maximum absolute atomic E-state index is 11.6. The Bertz CT molecular complexity index is 438. The van der Waals surface area contributed by atoms with Gasteiger partial charge in [0.15, 0.2) is 0 Å². The van der Waals surface area contributed by atoms with Crippen LogP contribution in [0.5, 0.6) is 0 Å². The number of unbranched alkanes of at least 4 members (excludes halogenated alkanes) is 5. The van der Waals surface area contributed by atoms with Gasteiger partial charge in [0, 0.05) is 6.42 Å². The first-order valence-corrected chi connectivity index (χ1v) is 8.16. The lowest BCUT2D eigenvalue weighted by Gasteiger charge is -2.35. The van der Waals surface area contributed by atoms with Crippen molar-refractivity contribution < 1.29 is 9.53 Å². The standard InChI is InChI=1S/C19H26O2/c1-2-3-4-5-6-7-11-14-17-18(21-19(17)20)15-16-12-9-8-10-13-16/h2,8-10,12-13,17-18H,1,3-7,11,14-15H2/t17?,18-/m1/s1. The topological polar surface area (TPSA) is 26.3 Å². The quantitative estimate of drug-likeness (QED) is 0.354. The van der Waals surface area contributed by atoms with Gasteiger partial charge in [-0.15, -0.1) is 6.58 Å². The molecule has 1 unspecified atom stereocenters. The van der Waals surface area contributed by atoms with Crippen molar-refractivity contribution in [2.75, 3.05) is 0 Å². The third kappa shape index (κ3) is 5.04. The van der Waals surface area contributed by atoms with E-state index in [1.807, 2.05) is 24.3 Å². The van der Waals surface area contributed by atoms with E-state index in [4.69, 9.17) is 4.74 Å². The number of allylic oxidation sites excluding steroid dienone is 1. The minimum Gasteiger partial charge on any atom is -0.461 e. The maximum atomic E-state index is 11.6. The predicted molar refractivity (Wildman–Crippen MR) is 86.0 cm³/mol. The van der Waals surface area contributed by atoms with Gasteiger partial charge in [-0.1, -0.05) is 62.1 Å². The van der Waals surface area contributed by atoms with E-state index in [1.54, 1.807) is 0 Å². The summed E-state index contributed by atoms with van der Waals surface area (Å²) in [6.45, 7) is 3.74. The van der Waals surface area contributed by atoms with Gasteiger partial charge >= 0.3 is 5.97 Å². The van der Waals surface area contributed by atoms with E-state index >= 15 is 0 Å². The Balaban J connectivity index is 1.63. The first kappa shape index (κ1) is 15.8. The van der Waals surface area contributed by atoms with E-state index < -0.39 is 0 Å². The molecule has 21 heavy (non-hydrogen) atoms. The van der Waals surface area contributed by atoms with Crippen molar-refractivity contribution in [1.82, 2.24) is 0 Å². The second-order valence-electron chi connectivity index (χ2n) is 5.91. The second kappa shape index (κ2) is 8.66. The molecule has 1 saturated heterocycles. The number of esters is 1. The molecule has 114 valence electrons. The highest BCUT2D eigenvalue weighted by atomic mass is 16.6. The monoisotopic (exact) mass is 286 g/mol. The van der Waals surface area contributed by atoms with Crippen LogP contribution in [0.2, 0.25) is 0 Å². The molecule has 2 nitrogen and oxygen atoms in total. The number of rotatable bonds is 10. The van der Waals surface area contributed by atoms with E-state index in [1.165, 1.54) is 31.2 Å². The summed E-state index contributed by atoms with van der Waals surface area (Å²) in [7, 11) is 0. The third-order valence-electron chi connectivity index (χ3n) is 4.22. The van der Waals surface area contributed by atoms with Crippen molar-refractivity contribution in [3.63, 3.8) is 0 Å². The number of hydrogen-bond donors (Lipinski definition) is 0. The highest BCUT2D eigenvalue weighted by Gasteiger charge is 2.41.